The van der Waals surface area contributed by atoms with Crippen LogP contribution in [0.1, 0.15) is 12.7 Å². The number of benzene rings is 1. The number of anilines is 1. The van der Waals surface area contributed by atoms with Crippen molar-refractivity contribution in [1.82, 2.24) is 15.2 Å². The number of hydrogen-bond acceptors (Lipinski definition) is 5. The fourth-order valence-electron chi connectivity index (χ4n) is 1.57. The van der Waals surface area contributed by atoms with Gasteiger partial charge in [-0.3, -0.25) is 15.2 Å². The van der Waals surface area contributed by atoms with Gasteiger partial charge < -0.3 is 4.74 Å². The van der Waals surface area contributed by atoms with E-state index in [0.717, 1.165) is 4.90 Å². The zero-order chi connectivity index (χ0) is 17.0. The van der Waals surface area contributed by atoms with Crippen LogP contribution in [0.5, 0.6) is 5.75 Å². The van der Waals surface area contributed by atoms with Gasteiger partial charge in [-0.1, -0.05) is 0 Å². The van der Waals surface area contributed by atoms with E-state index in [1.54, 1.807) is 43.4 Å². The highest BCUT2D eigenvalue weighted by molar-refractivity contribution is 8.00. The summed E-state index contributed by atoms with van der Waals surface area (Å²) in [4.78, 5) is 16.0. The number of halogens is 3. The molecule has 0 aliphatic carbocycles. The van der Waals surface area contributed by atoms with Crippen molar-refractivity contribution in [1.29, 1.82) is 0 Å². The number of thioether (sulfide) groups is 1. The lowest BCUT2D eigenvalue weighted by Crippen LogP contribution is -2.23. The van der Waals surface area contributed by atoms with Gasteiger partial charge in [-0.2, -0.15) is 18.2 Å². The Labute approximate surface area is 133 Å². The minimum atomic E-state index is -4.64. The highest BCUT2D eigenvalue weighted by Crippen LogP contribution is 2.27. The van der Waals surface area contributed by atoms with Gasteiger partial charge in [0.1, 0.15) is 5.75 Å². The molecule has 0 spiro atoms. The molecule has 0 saturated carbocycles. The monoisotopic (exact) mass is 346 g/mol. The smallest absolute Gasteiger partial charge is 0.451 e. The molecule has 2 aromatic rings. The summed E-state index contributed by atoms with van der Waals surface area (Å²) < 4.78 is 42.2. The molecule has 0 aliphatic heterocycles. The highest BCUT2D eigenvalue weighted by Gasteiger charge is 2.35. The largest absolute Gasteiger partial charge is 0.497 e. The van der Waals surface area contributed by atoms with Crippen molar-refractivity contribution in [3.05, 3.63) is 30.1 Å². The van der Waals surface area contributed by atoms with Crippen molar-refractivity contribution in [2.45, 2.75) is 23.2 Å². The van der Waals surface area contributed by atoms with Gasteiger partial charge in [0.2, 0.25) is 17.7 Å². The molecule has 2 rings (SSSR count). The first-order chi connectivity index (χ1) is 10.8. The fraction of sp³-hybridized carbons (Fsp3) is 0.308. The Morgan fingerprint density at radius 2 is 2.00 bits per heavy atom. The molecule has 124 valence electrons. The molecule has 23 heavy (non-hydrogen) atoms. The fourth-order valence-corrected chi connectivity index (χ4v) is 2.44. The lowest BCUT2D eigenvalue weighted by molar-refractivity contribution is -0.144. The van der Waals surface area contributed by atoms with Crippen molar-refractivity contribution in [3.63, 3.8) is 0 Å². The summed E-state index contributed by atoms with van der Waals surface area (Å²) in [6, 6.07) is 7.05. The van der Waals surface area contributed by atoms with Crippen LogP contribution in [0.25, 0.3) is 0 Å². The lowest BCUT2D eigenvalue weighted by atomic mass is 10.3. The zero-order valence-corrected chi connectivity index (χ0v) is 13.0. The third kappa shape index (κ3) is 4.62. The van der Waals surface area contributed by atoms with Gasteiger partial charge in [-0.15, -0.1) is 16.9 Å². The average molecular weight is 346 g/mol. The van der Waals surface area contributed by atoms with E-state index in [1.165, 1.54) is 11.8 Å². The number of amides is 1. The van der Waals surface area contributed by atoms with E-state index < -0.39 is 29.1 Å². The summed E-state index contributed by atoms with van der Waals surface area (Å²) in [5, 5.41) is 6.75. The normalized spacial score (nSPS) is 12.7. The second-order valence-electron chi connectivity index (χ2n) is 4.43. The minimum absolute atomic E-state index is 0.412. The molecule has 0 fully saturated rings. The van der Waals surface area contributed by atoms with Gasteiger partial charge in [0.25, 0.3) is 0 Å². The molecule has 2 N–H and O–H groups in total. The number of methoxy groups -OCH3 is 1. The Morgan fingerprint density at radius 1 is 1.35 bits per heavy atom. The van der Waals surface area contributed by atoms with Gasteiger partial charge in [-0.25, -0.2) is 0 Å². The molecule has 1 aromatic heterocycles. The quantitative estimate of drug-likeness (QED) is 0.814. The van der Waals surface area contributed by atoms with E-state index in [-0.39, 0.29) is 0 Å². The van der Waals surface area contributed by atoms with Gasteiger partial charge in [0.15, 0.2) is 0 Å². The van der Waals surface area contributed by atoms with Crippen LogP contribution < -0.4 is 10.1 Å². The predicted octanol–water partition coefficient (Wildman–Crippen LogP) is 2.95. The van der Waals surface area contributed by atoms with Crippen LogP contribution in [0.2, 0.25) is 0 Å². The number of H-pyrrole nitrogens is 1. The molecule has 10 heteroatoms. The van der Waals surface area contributed by atoms with E-state index >= 15 is 0 Å². The molecule has 6 nitrogen and oxygen atoms in total. The standard InChI is InChI=1S/C13H13F3N4O2S/c1-7(23-9-5-3-8(22-2)4-6-9)10(21)17-12-18-11(19-20-12)13(14,15)16/h3-7H,1-2H3,(H2,17,18,19,20,21). The topological polar surface area (TPSA) is 79.9 Å². The molecule has 1 heterocycles. The summed E-state index contributed by atoms with van der Waals surface area (Å²) in [6.07, 6.45) is -4.64. The SMILES string of the molecule is COc1ccc(SC(C)C(=O)Nc2n[nH]c(C(F)(F)F)n2)cc1. The number of alkyl halides is 3. The maximum atomic E-state index is 12.4. The molecular formula is C13H13F3N4O2S. The van der Waals surface area contributed by atoms with Crippen molar-refractivity contribution in [2.75, 3.05) is 12.4 Å². The maximum absolute atomic E-state index is 12.4. The van der Waals surface area contributed by atoms with E-state index in [0.29, 0.717) is 5.75 Å². The summed E-state index contributed by atoms with van der Waals surface area (Å²) in [5.74, 6) is -1.49. The van der Waals surface area contributed by atoms with Crippen LogP contribution in [0.15, 0.2) is 29.2 Å². The summed E-state index contributed by atoms with van der Waals surface area (Å²) in [5.41, 5.74) is 0. The van der Waals surface area contributed by atoms with Gasteiger partial charge >= 0.3 is 6.18 Å². The van der Waals surface area contributed by atoms with Crippen molar-refractivity contribution in [3.8, 4) is 5.75 Å². The Bertz CT molecular complexity index is 673. The van der Waals surface area contributed by atoms with E-state index in [2.05, 4.69) is 15.4 Å². The van der Waals surface area contributed by atoms with Crippen molar-refractivity contribution >= 4 is 23.6 Å². The van der Waals surface area contributed by atoms with E-state index in [9.17, 15) is 18.0 Å². The van der Waals surface area contributed by atoms with Gasteiger partial charge in [0.05, 0.1) is 12.4 Å². The number of carbonyl (C=O) groups is 1. The maximum Gasteiger partial charge on any atom is 0.451 e. The van der Waals surface area contributed by atoms with E-state index in [4.69, 9.17) is 4.74 Å². The molecule has 0 saturated heterocycles. The Balaban J connectivity index is 1.95. The number of ether oxygens (including phenoxy) is 1. The molecule has 1 amide bonds. The first-order valence-corrected chi connectivity index (χ1v) is 7.28. The van der Waals surface area contributed by atoms with Crippen LogP contribution in [0.3, 0.4) is 0 Å². The number of aromatic nitrogens is 3. The van der Waals surface area contributed by atoms with Gasteiger partial charge in [-0.05, 0) is 31.2 Å². The molecular weight excluding hydrogens is 333 g/mol. The minimum Gasteiger partial charge on any atom is -0.497 e. The summed E-state index contributed by atoms with van der Waals surface area (Å²) >= 11 is 1.25. The summed E-state index contributed by atoms with van der Waals surface area (Å²) in [7, 11) is 1.55. The van der Waals surface area contributed by atoms with Crippen LogP contribution >= 0.6 is 11.8 Å². The molecule has 1 atom stereocenters. The first-order valence-electron chi connectivity index (χ1n) is 6.41. The van der Waals surface area contributed by atoms with Crippen LogP contribution in [0, 0.1) is 0 Å². The first kappa shape index (κ1) is 17.1. The molecule has 0 aliphatic rings. The Morgan fingerprint density at radius 3 is 2.52 bits per heavy atom. The number of rotatable bonds is 5. The summed E-state index contributed by atoms with van der Waals surface area (Å²) in [6.45, 7) is 1.63. The lowest BCUT2D eigenvalue weighted by Gasteiger charge is -2.10. The number of nitrogens with zero attached hydrogens (tertiary/aromatic N) is 2. The number of nitrogens with one attached hydrogen (secondary N) is 2. The highest BCUT2D eigenvalue weighted by atomic mass is 32.2. The van der Waals surface area contributed by atoms with Crippen molar-refractivity contribution in [2.24, 2.45) is 0 Å². The Kier molecular flexibility index (Phi) is 5.14. The average Bonchev–Trinajstić information content (AvgIpc) is 2.96. The van der Waals surface area contributed by atoms with Crippen LogP contribution in [-0.2, 0) is 11.0 Å². The third-order valence-electron chi connectivity index (χ3n) is 2.73. The van der Waals surface area contributed by atoms with Crippen molar-refractivity contribution < 1.29 is 22.7 Å². The molecule has 0 radical (unpaired) electrons. The molecule has 0 bridgehead atoms. The zero-order valence-electron chi connectivity index (χ0n) is 12.1. The predicted molar refractivity (Wildman–Crippen MR) is 78.3 cm³/mol. The number of hydrogen-bond donors (Lipinski definition) is 2. The van der Waals surface area contributed by atoms with Crippen LogP contribution in [-0.4, -0.2) is 33.4 Å². The van der Waals surface area contributed by atoms with Gasteiger partial charge in [0, 0.05) is 4.90 Å². The Hall–Kier alpha value is -2.23. The second-order valence-corrected chi connectivity index (χ2v) is 5.84. The van der Waals surface area contributed by atoms with Crippen LogP contribution in [0.4, 0.5) is 19.1 Å². The number of carbonyl (C=O) groups excluding carboxylic acids is 1. The number of aromatic amines is 1. The second kappa shape index (κ2) is 6.90. The molecule has 1 aromatic carbocycles. The molecule has 1 unspecified atom stereocenters. The van der Waals surface area contributed by atoms with E-state index in [1.807, 2.05) is 0 Å². The third-order valence-corrected chi connectivity index (χ3v) is 3.84.